The molecule has 0 bridgehead atoms. The van der Waals surface area contributed by atoms with Crippen LogP contribution in [0.15, 0.2) is 55.6 Å². The van der Waals surface area contributed by atoms with Gasteiger partial charge < -0.3 is 9.97 Å². The van der Waals surface area contributed by atoms with Crippen LogP contribution in [-0.2, 0) is 0 Å². The minimum atomic E-state index is -0.111. The molecule has 4 heterocycles. The topological polar surface area (TPSA) is 157 Å². The molecule has 192 valence electrons. The van der Waals surface area contributed by atoms with Gasteiger partial charge in [0, 0.05) is 34.6 Å². The molecule has 0 unspecified atom stereocenters. The van der Waals surface area contributed by atoms with Gasteiger partial charge in [0.05, 0.1) is 11.4 Å². The highest BCUT2D eigenvalue weighted by Gasteiger charge is 1.92. The van der Waals surface area contributed by atoms with Crippen molar-refractivity contribution in [1.82, 2.24) is 30.4 Å². The molecule has 0 spiro atoms. The maximum atomic E-state index is 10.7. The van der Waals surface area contributed by atoms with E-state index in [-0.39, 0.29) is 22.2 Å². The normalized spacial score (nSPS) is 9.56. The monoisotopic (exact) mass is 494 g/mol. The predicted molar refractivity (Wildman–Crippen MR) is 142 cm³/mol. The quantitative estimate of drug-likeness (QED) is 0.294. The smallest absolute Gasteiger partial charge is 0.267 e. The van der Waals surface area contributed by atoms with Gasteiger partial charge >= 0.3 is 0 Å². The highest BCUT2D eigenvalue weighted by molar-refractivity contribution is 5.13. The second kappa shape index (κ2) is 14.1. The molecule has 0 aliphatic carbocycles. The summed E-state index contributed by atoms with van der Waals surface area (Å²) in [5.41, 5.74) is 6.69. The van der Waals surface area contributed by atoms with Gasteiger partial charge in [-0.25, -0.2) is 10.2 Å². The summed E-state index contributed by atoms with van der Waals surface area (Å²) < 4.78 is 0. The zero-order valence-electron chi connectivity index (χ0n) is 22.0. The average Bonchev–Trinajstić information content (AvgIpc) is 2.73. The summed E-state index contributed by atoms with van der Waals surface area (Å²) in [6, 6.07) is 10.5. The molecule has 0 amide bonds. The summed E-state index contributed by atoms with van der Waals surface area (Å²) in [5, 5.41) is 12.1. The first-order valence-corrected chi connectivity index (χ1v) is 11.2. The molecule has 0 fully saturated rings. The number of nitrogens with zero attached hydrogens (tertiary/aromatic N) is 2. The molecule has 0 aliphatic heterocycles. The molecule has 0 saturated carbocycles. The van der Waals surface area contributed by atoms with Crippen LogP contribution in [-0.4, -0.2) is 30.4 Å². The number of pyridine rings is 2. The molecule has 4 aromatic heterocycles. The summed E-state index contributed by atoms with van der Waals surface area (Å²) in [7, 11) is 0. The molecule has 4 aromatic rings. The second-order valence-corrected chi connectivity index (χ2v) is 8.45. The van der Waals surface area contributed by atoms with E-state index in [4.69, 9.17) is 0 Å². The van der Waals surface area contributed by atoms with Gasteiger partial charge in [-0.1, -0.05) is 0 Å². The number of aromatic nitrogens is 6. The van der Waals surface area contributed by atoms with Crippen LogP contribution in [0, 0.1) is 55.4 Å². The van der Waals surface area contributed by atoms with E-state index in [0.717, 1.165) is 33.9 Å². The molecule has 0 saturated heterocycles. The van der Waals surface area contributed by atoms with Crippen molar-refractivity contribution in [2.45, 2.75) is 55.4 Å². The minimum absolute atomic E-state index is 0.0208. The van der Waals surface area contributed by atoms with E-state index in [1.54, 1.807) is 38.1 Å². The van der Waals surface area contributed by atoms with Crippen molar-refractivity contribution in [3.63, 3.8) is 0 Å². The maximum absolute atomic E-state index is 10.7. The molecular formula is C26H34N6O4. The number of H-pyrrole nitrogens is 4. The SMILES string of the molecule is Cc1cc(C)[nH]c(=O)c1.Cc1cc(C)[nH]c(=O)c1.Cc1cc(C)c(=O)[nH]n1.Cc1cc(C)c(=O)[nH]n1. The number of hydrogen-bond donors (Lipinski definition) is 4. The Labute approximate surface area is 208 Å². The van der Waals surface area contributed by atoms with Gasteiger partial charge in [0.25, 0.3) is 11.1 Å². The van der Waals surface area contributed by atoms with Crippen molar-refractivity contribution in [2.75, 3.05) is 0 Å². The summed E-state index contributed by atoms with van der Waals surface area (Å²) in [6.07, 6.45) is 0. The standard InChI is InChI=1S/2C7H9NO.2C6H8N2O/c2*1-5-3-6(2)8-7(9)4-5;2*1-4-3-5(2)7-8-6(4)9/h2*3-4H,1-2H3,(H,8,9);2*3H,1-2H3,(H,8,9). The summed E-state index contributed by atoms with van der Waals surface area (Å²) >= 11 is 0. The third-order valence-electron chi connectivity index (χ3n) is 4.48. The van der Waals surface area contributed by atoms with Crippen LogP contribution >= 0.6 is 0 Å². The highest BCUT2D eigenvalue weighted by atomic mass is 16.1. The predicted octanol–water partition coefficient (Wildman–Crippen LogP) is 2.76. The lowest BCUT2D eigenvalue weighted by molar-refractivity contribution is 0.929. The van der Waals surface area contributed by atoms with Crippen LogP contribution < -0.4 is 22.2 Å². The minimum Gasteiger partial charge on any atom is -0.327 e. The Hall–Kier alpha value is -4.34. The van der Waals surface area contributed by atoms with Gasteiger partial charge in [-0.3, -0.25) is 19.2 Å². The van der Waals surface area contributed by atoms with Crippen LogP contribution in [0.2, 0.25) is 0 Å². The van der Waals surface area contributed by atoms with Crippen molar-refractivity contribution in [3.8, 4) is 0 Å². The Morgan fingerprint density at radius 1 is 0.500 bits per heavy atom. The van der Waals surface area contributed by atoms with E-state index >= 15 is 0 Å². The lowest BCUT2D eigenvalue weighted by Gasteiger charge is -1.91. The average molecular weight is 495 g/mol. The molecule has 0 aliphatic rings. The summed E-state index contributed by atoms with van der Waals surface area (Å²) in [4.78, 5) is 47.9. The van der Waals surface area contributed by atoms with Crippen molar-refractivity contribution in [1.29, 1.82) is 0 Å². The first-order chi connectivity index (χ1) is 16.8. The zero-order valence-corrected chi connectivity index (χ0v) is 22.0. The summed E-state index contributed by atoms with van der Waals surface area (Å²) in [6.45, 7) is 14.7. The third-order valence-corrected chi connectivity index (χ3v) is 4.48. The molecule has 10 nitrogen and oxygen atoms in total. The largest absolute Gasteiger partial charge is 0.327 e. The third kappa shape index (κ3) is 11.7. The van der Waals surface area contributed by atoms with E-state index in [2.05, 4.69) is 30.4 Å². The first kappa shape index (κ1) is 29.7. The van der Waals surface area contributed by atoms with Gasteiger partial charge in [-0.15, -0.1) is 0 Å². The Bertz CT molecular complexity index is 1350. The number of rotatable bonds is 0. The van der Waals surface area contributed by atoms with Crippen molar-refractivity contribution < 1.29 is 0 Å². The van der Waals surface area contributed by atoms with Gasteiger partial charge in [0.1, 0.15) is 0 Å². The Morgan fingerprint density at radius 2 is 0.833 bits per heavy atom. The zero-order chi connectivity index (χ0) is 27.4. The second-order valence-electron chi connectivity index (χ2n) is 8.45. The van der Waals surface area contributed by atoms with Crippen molar-refractivity contribution in [2.24, 2.45) is 0 Å². The number of hydrogen-bond acceptors (Lipinski definition) is 6. The van der Waals surface area contributed by atoms with E-state index in [1.807, 2.05) is 53.7 Å². The summed E-state index contributed by atoms with van der Waals surface area (Å²) in [5.74, 6) is 0. The Balaban J connectivity index is 0.000000240. The lowest BCUT2D eigenvalue weighted by Crippen LogP contribution is -2.11. The molecule has 4 rings (SSSR count). The molecule has 4 N–H and O–H groups in total. The van der Waals surface area contributed by atoms with Crippen LogP contribution in [0.5, 0.6) is 0 Å². The number of aromatic amines is 4. The molecule has 0 atom stereocenters. The molecule has 0 radical (unpaired) electrons. The highest BCUT2D eigenvalue weighted by Crippen LogP contribution is 1.93. The Morgan fingerprint density at radius 3 is 1.06 bits per heavy atom. The fraction of sp³-hybridized carbons (Fsp3) is 0.308. The molecular weight excluding hydrogens is 460 g/mol. The van der Waals surface area contributed by atoms with Crippen LogP contribution in [0.4, 0.5) is 0 Å². The number of aryl methyl sites for hydroxylation is 8. The van der Waals surface area contributed by atoms with E-state index in [9.17, 15) is 19.2 Å². The fourth-order valence-corrected chi connectivity index (χ4v) is 2.99. The molecule has 0 aromatic carbocycles. The number of nitrogens with one attached hydrogen (secondary N) is 4. The molecule has 10 heteroatoms. The molecule has 36 heavy (non-hydrogen) atoms. The van der Waals surface area contributed by atoms with Crippen LogP contribution in [0.3, 0.4) is 0 Å². The van der Waals surface area contributed by atoms with Crippen LogP contribution in [0.1, 0.15) is 45.0 Å². The lowest BCUT2D eigenvalue weighted by atomic mass is 10.2. The van der Waals surface area contributed by atoms with Crippen molar-refractivity contribution >= 4 is 0 Å². The van der Waals surface area contributed by atoms with Gasteiger partial charge in [0.2, 0.25) is 11.1 Å². The van der Waals surface area contributed by atoms with Crippen molar-refractivity contribution in [3.05, 3.63) is 123 Å². The van der Waals surface area contributed by atoms with Gasteiger partial charge in [0.15, 0.2) is 0 Å². The maximum Gasteiger partial charge on any atom is 0.267 e. The van der Waals surface area contributed by atoms with E-state index < -0.39 is 0 Å². The Kier molecular flexibility index (Phi) is 11.7. The van der Waals surface area contributed by atoms with E-state index in [1.165, 1.54) is 0 Å². The van der Waals surface area contributed by atoms with E-state index in [0.29, 0.717) is 11.1 Å². The first-order valence-electron chi connectivity index (χ1n) is 11.2. The fourth-order valence-electron chi connectivity index (χ4n) is 2.99. The van der Waals surface area contributed by atoms with Crippen LogP contribution in [0.25, 0.3) is 0 Å². The van der Waals surface area contributed by atoms with Gasteiger partial charge in [-0.05, 0) is 90.8 Å². The van der Waals surface area contributed by atoms with Gasteiger partial charge in [-0.2, -0.15) is 10.2 Å².